The molecule has 1 aliphatic carbocycles. The quantitative estimate of drug-likeness (QED) is 0.805. The van der Waals surface area contributed by atoms with Gasteiger partial charge in [0.05, 0.1) is 0 Å². The summed E-state index contributed by atoms with van der Waals surface area (Å²) in [7, 11) is 0. The minimum Gasteiger partial charge on any atom is -0.336 e. The van der Waals surface area contributed by atoms with Crippen LogP contribution in [0.25, 0.3) is 0 Å². The molecule has 2 heterocycles. The van der Waals surface area contributed by atoms with Crippen LogP contribution in [0.4, 0.5) is 4.39 Å². The molecule has 0 amide bonds. The molecule has 0 radical (unpaired) electrons. The van der Waals surface area contributed by atoms with Crippen molar-refractivity contribution in [2.24, 2.45) is 0 Å². The third-order valence-electron chi connectivity index (χ3n) is 3.10. The standard InChI is InChI=1S/C10H14FN3O/c11-10(4-1-5-12-6-10)9-13-8(14-15-9)7-2-3-7/h7,12H,1-6H2. The van der Waals surface area contributed by atoms with Crippen LogP contribution >= 0.6 is 0 Å². The maximum absolute atomic E-state index is 14.3. The largest absolute Gasteiger partial charge is 0.336 e. The molecule has 1 saturated carbocycles. The smallest absolute Gasteiger partial charge is 0.265 e. The number of rotatable bonds is 2. The third-order valence-corrected chi connectivity index (χ3v) is 3.10. The Kier molecular flexibility index (Phi) is 2.02. The lowest BCUT2D eigenvalue weighted by molar-refractivity contribution is 0.0785. The average molecular weight is 211 g/mol. The van der Waals surface area contributed by atoms with Crippen LogP contribution in [0.15, 0.2) is 4.52 Å². The number of hydrogen-bond acceptors (Lipinski definition) is 4. The van der Waals surface area contributed by atoms with Crippen molar-refractivity contribution in [3.63, 3.8) is 0 Å². The average Bonchev–Trinajstić information content (AvgIpc) is 2.97. The van der Waals surface area contributed by atoms with E-state index < -0.39 is 5.67 Å². The van der Waals surface area contributed by atoms with E-state index in [1.54, 1.807) is 0 Å². The molecule has 0 spiro atoms. The second-order valence-corrected chi connectivity index (χ2v) is 4.48. The first-order valence-corrected chi connectivity index (χ1v) is 5.52. The fraction of sp³-hybridized carbons (Fsp3) is 0.800. The van der Waals surface area contributed by atoms with Gasteiger partial charge in [-0.3, -0.25) is 0 Å². The van der Waals surface area contributed by atoms with Crippen LogP contribution in [-0.2, 0) is 5.67 Å². The van der Waals surface area contributed by atoms with Crippen molar-refractivity contribution < 1.29 is 8.91 Å². The van der Waals surface area contributed by atoms with Crippen molar-refractivity contribution in [1.29, 1.82) is 0 Å². The Morgan fingerprint density at radius 3 is 3.00 bits per heavy atom. The van der Waals surface area contributed by atoms with Gasteiger partial charge in [0.2, 0.25) is 5.67 Å². The zero-order valence-corrected chi connectivity index (χ0v) is 8.50. The topological polar surface area (TPSA) is 51.0 Å². The van der Waals surface area contributed by atoms with Gasteiger partial charge < -0.3 is 9.84 Å². The van der Waals surface area contributed by atoms with Gasteiger partial charge in [-0.15, -0.1) is 0 Å². The molecular weight excluding hydrogens is 197 g/mol. The lowest BCUT2D eigenvalue weighted by atomic mass is 9.96. The molecule has 4 nitrogen and oxygen atoms in total. The molecule has 0 bridgehead atoms. The number of piperidine rings is 1. The molecule has 3 rings (SSSR count). The molecule has 1 atom stereocenters. The van der Waals surface area contributed by atoms with Crippen molar-refractivity contribution in [2.75, 3.05) is 13.1 Å². The van der Waals surface area contributed by atoms with Gasteiger partial charge >= 0.3 is 0 Å². The van der Waals surface area contributed by atoms with Crippen molar-refractivity contribution in [2.45, 2.75) is 37.3 Å². The molecule has 2 fully saturated rings. The van der Waals surface area contributed by atoms with Crippen LogP contribution in [0.1, 0.15) is 43.3 Å². The Balaban J connectivity index is 1.83. The number of nitrogens with one attached hydrogen (secondary N) is 1. The second-order valence-electron chi connectivity index (χ2n) is 4.48. The molecule has 82 valence electrons. The molecule has 1 unspecified atom stereocenters. The van der Waals surface area contributed by atoms with Gasteiger partial charge in [0, 0.05) is 12.5 Å². The summed E-state index contributed by atoms with van der Waals surface area (Å²) in [6.45, 7) is 1.16. The van der Waals surface area contributed by atoms with Gasteiger partial charge in [-0.2, -0.15) is 4.98 Å². The fourth-order valence-electron chi connectivity index (χ4n) is 1.98. The van der Waals surface area contributed by atoms with Crippen LogP contribution < -0.4 is 5.32 Å². The predicted octanol–water partition coefficient (Wildman–Crippen LogP) is 1.50. The van der Waals surface area contributed by atoms with E-state index in [9.17, 15) is 4.39 Å². The van der Waals surface area contributed by atoms with Crippen molar-refractivity contribution >= 4 is 0 Å². The Hall–Kier alpha value is -0.970. The number of hydrogen-bond donors (Lipinski definition) is 1. The fourth-order valence-corrected chi connectivity index (χ4v) is 1.98. The molecule has 0 aromatic carbocycles. The monoisotopic (exact) mass is 211 g/mol. The number of alkyl halides is 1. The lowest BCUT2D eigenvalue weighted by Crippen LogP contribution is -2.40. The van der Waals surface area contributed by atoms with Crippen molar-refractivity contribution in [1.82, 2.24) is 15.5 Å². The van der Waals surface area contributed by atoms with Crippen molar-refractivity contribution in [3.05, 3.63) is 11.7 Å². The first-order chi connectivity index (χ1) is 7.28. The van der Waals surface area contributed by atoms with Gasteiger partial charge in [-0.05, 0) is 32.2 Å². The summed E-state index contributed by atoms with van der Waals surface area (Å²) in [5.41, 5.74) is -1.45. The minimum absolute atomic E-state index is 0.164. The highest BCUT2D eigenvalue weighted by Crippen LogP contribution is 2.40. The second kappa shape index (κ2) is 3.27. The molecule has 2 aliphatic rings. The summed E-state index contributed by atoms with van der Waals surface area (Å²) >= 11 is 0. The Morgan fingerprint density at radius 1 is 1.47 bits per heavy atom. The van der Waals surface area contributed by atoms with Crippen LogP contribution in [0, 0.1) is 0 Å². The number of halogens is 1. The zero-order chi connectivity index (χ0) is 10.3. The maximum Gasteiger partial charge on any atom is 0.265 e. The van der Waals surface area contributed by atoms with Gasteiger partial charge in [0.1, 0.15) is 0 Å². The van der Waals surface area contributed by atoms with Crippen molar-refractivity contribution in [3.8, 4) is 0 Å². The van der Waals surface area contributed by atoms with E-state index in [1.165, 1.54) is 0 Å². The van der Waals surface area contributed by atoms with Crippen LogP contribution in [0.2, 0.25) is 0 Å². The van der Waals surface area contributed by atoms with E-state index in [1.807, 2.05) is 0 Å². The van der Waals surface area contributed by atoms with E-state index in [0.717, 1.165) is 25.8 Å². The maximum atomic E-state index is 14.3. The van der Waals surface area contributed by atoms with E-state index in [2.05, 4.69) is 15.5 Å². The van der Waals surface area contributed by atoms with E-state index in [0.29, 0.717) is 24.7 Å². The normalized spacial score (nSPS) is 31.8. The molecule has 1 N–H and O–H groups in total. The van der Waals surface area contributed by atoms with E-state index >= 15 is 0 Å². The van der Waals surface area contributed by atoms with Gasteiger partial charge in [-0.1, -0.05) is 5.16 Å². The highest BCUT2D eigenvalue weighted by molar-refractivity contribution is 5.08. The first-order valence-electron chi connectivity index (χ1n) is 5.52. The van der Waals surface area contributed by atoms with Gasteiger partial charge in [0.15, 0.2) is 5.82 Å². The van der Waals surface area contributed by atoms with Crippen LogP contribution in [0.3, 0.4) is 0 Å². The molecule has 1 aromatic rings. The summed E-state index contributed by atoms with van der Waals surface area (Å²) in [6.07, 6.45) is 3.51. The van der Waals surface area contributed by atoms with Gasteiger partial charge in [0.25, 0.3) is 5.89 Å². The summed E-state index contributed by atoms with van der Waals surface area (Å²) in [4.78, 5) is 4.17. The molecule has 15 heavy (non-hydrogen) atoms. The lowest BCUT2D eigenvalue weighted by Gasteiger charge is -2.26. The molecule has 1 aliphatic heterocycles. The molecular formula is C10H14FN3O. The number of aromatic nitrogens is 2. The SMILES string of the molecule is FC1(c2nc(C3CC3)no2)CCCNC1. The Labute approximate surface area is 87.2 Å². The molecule has 5 heteroatoms. The minimum atomic E-state index is -1.45. The first kappa shape index (κ1) is 9.27. The number of nitrogens with zero attached hydrogens (tertiary/aromatic N) is 2. The predicted molar refractivity (Wildman–Crippen MR) is 51.2 cm³/mol. The summed E-state index contributed by atoms with van der Waals surface area (Å²) < 4.78 is 19.4. The van der Waals surface area contributed by atoms with Crippen LogP contribution in [-0.4, -0.2) is 23.2 Å². The van der Waals surface area contributed by atoms with E-state index in [4.69, 9.17) is 4.52 Å². The van der Waals surface area contributed by atoms with Gasteiger partial charge in [-0.25, -0.2) is 4.39 Å². The summed E-state index contributed by atoms with van der Waals surface area (Å²) in [5.74, 6) is 1.27. The summed E-state index contributed by atoms with van der Waals surface area (Å²) in [5, 5.41) is 6.87. The Morgan fingerprint density at radius 2 is 2.33 bits per heavy atom. The highest BCUT2D eigenvalue weighted by Gasteiger charge is 2.41. The zero-order valence-electron chi connectivity index (χ0n) is 8.50. The van der Waals surface area contributed by atoms with E-state index in [-0.39, 0.29) is 5.89 Å². The summed E-state index contributed by atoms with van der Waals surface area (Å²) in [6, 6.07) is 0. The molecule has 1 aromatic heterocycles. The molecule has 1 saturated heterocycles. The van der Waals surface area contributed by atoms with Crippen LogP contribution in [0.5, 0.6) is 0 Å². The Bertz CT molecular complexity index is 355. The third kappa shape index (κ3) is 1.65. The highest BCUT2D eigenvalue weighted by atomic mass is 19.1.